The maximum Gasteiger partial charge on any atom is 0.240 e. The Morgan fingerprint density at radius 1 is 1.12 bits per heavy atom. The second-order valence-electron chi connectivity index (χ2n) is 6.08. The minimum Gasteiger partial charge on any atom is -0.342 e. The third kappa shape index (κ3) is 6.26. The van der Waals surface area contributed by atoms with E-state index in [1.54, 1.807) is 19.1 Å². The SMILES string of the molecule is CCCNCCNS(=O)(=O)c1ccc2c(c1)CCN(C(C)=O)CC2.Cl. The number of carbonyl (C=O) groups is 1. The zero-order valence-electron chi connectivity index (χ0n) is 14.9. The molecule has 2 N–H and O–H groups in total. The van der Waals surface area contributed by atoms with Crippen molar-refractivity contribution in [3.63, 3.8) is 0 Å². The van der Waals surface area contributed by atoms with Crippen LogP contribution in [-0.4, -0.2) is 51.9 Å². The molecule has 0 aliphatic carbocycles. The van der Waals surface area contributed by atoms with E-state index in [4.69, 9.17) is 0 Å². The molecule has 1 aliphatic heterocycles. The summed E-state index contributed by atoms with van der Waals surface area (Å²) in [5.41, 5.74) is 2.15. The normalized spacial score (nSPS) is 14.4. The minimum absolute atomic E-state index is 0. The van der Waals surface area contributed by atoms with Crippen LogP contribution in [0.3, 0.4) is 0 Å². The highest BCUT2D eigenvalue weighted by Crippen LogP contribution is 2.20. The van der Waals surface area contributed by atoms with Gasteiger partial charge in [0.1, 0.15) is 0 Å². The number of nitrogens with zero attached hydrogens (tertiary/aromatic N) is 1. The fraction of sp³-hybridized carbons (Fsp3) is 0.588. The molecule has 0 spiro atoms. The molecule has 0 radical (unpaired) electrons. The molecule has 1 aliphatic rings. The van der Waals surface area contributed by atoms with Crippen LogP contribution >= 0.6 is 12.4 Å². The van der Waals surface area contributed by atoms with E-state index in [9.17, 15) is 13.2 Å². The van der Waals surface area contributed by atoms with Crippen LogP contribution in [0.25, 0.3) is 0 Å². The summed E-state index contributed by atoms with van der Waals surface area (Å²) >= 11 is 0. The lowest BCUT2D eigenvalue weighted by atomic mass is 10.0. The zero-order chi connectivity index (χ0) is 17.6. The molecule has 0 unspecified atom stereocenters. The van der Waals surface area contributed by atoms with Gasteiger partial charge >= 0.3 is 0 Å². The largest absolute Gasteiger partial charge is 0.342 e. The van der Waals surface area contributed by atoms with Gasteiger partial charge in [-0.2, -0.15) is 0 Å². The zero-order valence-corrected chi connectivity index (χ0v) is 16.5. The average Bonchev–Trinajstić information content (AvgIpc) is 2.76. The van der Waals surface area contributed by atoms with E-state index in [-0.39, 0.29) is 18.3 Å². The van der Waals surface area contributed by atoms with E-state index < -0.39 is 10.0 Å². The molecule has 2 rings (SSSR count). The van der Waals surface area contributed by atoms with Crippen molar-refractivity contribution in [2.45, 2.75) is 38.0 Å². The smallest absolute Gasteiger partial charge is 0.240 e. The first-order valence-electron chi connectivity index (χ1n) is 8.51. The third-order valence-corrected chi connectivity index (χ3v) is 5.71. The molecular formula is C17H28ClN3O3S. The Hall–Kier alpha value is -1.15. The summed E-state index contributed by atoms with van der Waals surface area (Å²) in [6.45, 7) is 6.84. The maximum atomic E-state index is 12.4. The number of nitrogens with one attached hydrogen (secondary N) is 2. The molecule has 0 atom stereocenters. The van der Waals surface area contributed by atoms with Crippen LogP contribution < -0.4 is 10.0 Å². The molecule has 0 saturated heterocycles. The molecule has 8 heteroatoms. The van der Waals surface area contributed by atoms with Crippen LogP contribution in [0.4, 0.5) is 0 Å². The Morgan fingerprint density at radius 3 is 2.44 bits per heavy atom. The Kier molecular flexibility index (Phi) is 8.85. The van der Waals surface area contributed by atoms with E-state index in [0.717, 1.165) is 30.5 Å². The van der Waals surface area contributed by atoms with E-state index in [1.165, 1.54) is 0 Å². The summed E-state index contributed by atoms with van der Waals surface area (Å²) in [6.07, 6.45) is 2.48. The van der Waals surface area contributed by atoms with Gasteiger partial charge in [-0.1, -0.05) is 13.0 Å². The quantitative estimate of drug-likeness (QED) is 0.689. The van der Waals surface area contributed by atoms with Gasteiger partial charge in [-0.15, -0.1) is 12.4 Å². The Bertz CT molecular complexity index is 680. The van der Waals surface area contributed by atoms with Crippen molar-refractivity contribution in [1.82, 2.24) is 14.9 Å². The van der Waals surface area contributed by atoms with Crippen molar-refractivity contribution >= 4 is 28.3 Å². The minimum atomic E-state index is -3.49. The van der Waals surface area contributed by atoms with Crippen LogP contribution in [0.2, 0.25) is 0 Å². The van der Waals surface area contributed by atoms with Crippen molar-refractivity contribution in [3.05, 3.63) is 29.3 Å². The van der Waals surface area contributed by atoms with Crippen LogP contribution in [0.15, 0.2) is 23.1 Å². The van der Waals surface area contributed by atoms with Crippen LogP contribution in [-0.2, 0) is 27.7 Å². The molecule has 6 nitrogen and oxygen atoms in total. The van der Waals surface area contributed by atoms with Crippen molar-refractivity contribution in [2.24, 2.45) is 0 Å². The summed E-state index contributed by atoms with van der Waals surface area (Å²) in [4.78, 5) is 13.6. The van der Waals surface area contributed by atoms with Gasteiger partial charge in [0.15, 0.2) is 0 Å². The number of fused-ring (bicyclic) bond motifs is 1. The summed E-state index contributed by atoms with van der Waals surface area (Å²) in [7, 11) is -3.49. The fourth-order valence-corrected chi connectivity index (χ4v) is 3.92. The van der Waals surface area contributed by atoms with Crippen LogP contribution in [0.1, 0.15) is 31.4 Å². The third-order valence-electron chi connectivity index (χ3n) is 4.26. The van der Waals surface area contributed by atoms with Crippen LogP contribution in [0, 0.1) is 0 Å². The number of carbonyl (C=O) groups excluding carboxylic acids is 1. The molecule has 1 aromatic carbocycles. The second kappa shape index (κ2) is 10.1. The van der Waals surface area contributed by atoms with Gasteiger partial charge in [0.2, 0.25) is 15.9 Å². The molecule has 0 saturated carbocycles. The van der Waals surface area contributed by atoms with Gasteiger partial charge in [0.25, 0.3) is 0 Å². The topological polar surface area (TPSA) is 78.5 Å². The summed E-state index contributed by atoms with van der Waals surface area (Å²) in [6, 6.07) is 5.29. The summed E-state index contributed by atoms with van der Waals surface area (Å²) < 4.78 is 27.4. The lowest BCUT2D eigenvalue weighted by molar-refractivity contribution is -0.128. The highest BCUT2D eigenvalue weighted by Gasteiger charge is 2.19. The van der Waals surface area contributed by atoms with Gasteiger partial charge < -0.3 is 10.2 Å². The van der Waals surface area contributed by atoms with Gasteiger partial charge in [0.05, 0.1) is 4.90 Å². The molecule has 0 bridgehead atoms. The average molecular weight is 390 g/mol. The van der Waals surface area contributed by atoms with E-state index >= 15 is 0 Å². The summed E-state index contributed by atoms with van der Waals surface area (Å²) in [5, 5.41) is 3.17. The number of benzene rings is 1. The number of amides is 1. The number of hydrogen-bond acceptors (Lipinski definition) is 4. The first-order valence-corrected chi connectivity index (χ1v) is 10.00. The number of sulfonamides is 1. The molecule has 25 heavy (non-hydrogen) atoms. The number of hydrogen-bond donors (Lipinski definition) is 2. The highest BCUT2D eigenvalue weighted by molar-refractivity contribution is 7.89. The Morgan fingerprint density at radius 2 is 1.80 bits per heavy atom. The lowest BCUT2D eigenvalue weighted by Gasteiger charge is -2.17. The predicted octanol–water partition coefficient (Wildman–Crippen LogP) is 1.33. The molecule has 142 valence electrons. The molecule has 0 aromatic heterocycles. The highest BCUT2D eigenvalue weighted by atomic mass is 35.5. The van der Waals surface area contributed by atoms with Crippen molar-refractivity contribution in [1.29, 1.82) is 0 Å². The molecule has 0 fully saturated rings. The van der Waals surface area contributed by atoms with Gasteiger partial charge in [0, 0.05) is 33.1 Å². The van der Waals surface area contributed by atoms with E-state index in [0.29, 0.717) is 37.5 Å². The molecule has 1 aromatic rings. The predicted molar refractivity (Wildman–Crippen MR) is 102 cm³/mol. The second-order valence-corrected chi connectivity index (χ2v) is 7.85. The molecule has 1 amide bonds. The van der Waals surface area contributed by atoms with Gasteiger partial charge in [-0.25, -0.2) is 13.1 Å². The van der Waals surface area contributed by atoms with Crippen molar-refractivity contribution in [2.75, 3.05) is 32.7 Å². The van der Waals surface area contributed by atoms with Crippen LogP contribution in [0.5, 0.6) is 0 Å². The monoisotopic (exact) mass is 389 g/mol. The Labute approximate surface area is 156 Å². The summed E-state index contributed by atoms with van der Waals surface area (Å²) in [5.74, 6) is 0.0666. The molecular weight excluding hydrogens is 362 g/mol. The first kappa shape index (κ1) is 21.9. The lowest BCUT2D eigenvalue weighted by Crippen LogP contribution is -2.32. The molecule has 1 heterocycles. The van der Waals surface area contributed by atoms with Crippen molar-refractivity contribution < 1.29 is 13.2 Å². The fourth-order valence-electron chi connectivity index (χ4n) is 2.84. The maximum absolute atomic E-state index is 12.4. The standard InChI is InChI=1S/C17H27N3O3S.ClH/c1-3-8-18-9-10-19-24(22,23)17-5-4-15-6-11-20(14(2)21)12-7-16(15)13-17;/h4-5,13,18-19H,3,6-12H2,1-2H3;1H. The first-order chi connectivity index (χ1) is 11.4. The Balaban J connectivity index is 0.00000312. The number of halogens is 1. The van der Waals surface area contributed by atoms with Gasteiger partial charge in [-0.05, 0) is 49.1 Å². The van der Waals surface area contributed by atoms with Crippen molar-refractivity contribution in [3.8, 4) is 0 Å². The van der Waals surface area contributed by atoms with Gasteiger partial charge in [-0.3, -0.25) is 4.79 Å². The number of rotatable bonds is 7. The van der Waals surface area contributed by atoms with E-state index in [1.807, 2.05) is 11.0 Å². The van der Waals surface area contributed by atoms with E-state index in [2.05, 4.69) is 17.0 Å².